The highest BCUT2D eigenvalue weighted by Crippen LogP contribution is 2.29. The molecule has 2 aromatic rings. The van der Waals surface area contributed by atoms with E-state index in [0.717, 1.165) is 51.2 Å². The molecule has 0 amide bonds. The van der Waals surface area contributed by atoms with Crippen LogP contribution in [0.15, 0.2) is 30.5 Å². The minimum Gasteiger partial charge on any atom is -0.347 e. The van der Waals surface area contributed by atoms with Crippen molar-refractivity contribution in [3.63, 3.8) is 0 Å². The number of rotatable bonds is 7. The number of Topliss-reactive ketones (excluding diaryl/α,β-unsaturated/α-hetero) is 1. The molecule has 4 heteroatoms. The van der Waals surface area contributed by atoms with E-state index in [2.05, 4.69) is 40.3 Å². The average molecular weight is 403 g/mol. The maximum absolute atomic E-state index is 12.5. The lowest BCUT2D eigenvalue weighted by Crippen LogP contribution is -2.28. The Morgan fingerprint density at radius 1 is 1.00 bits per heavy atom. The first kappa shape index (κ1) is 21.4. The molecule has 2 fully saturated rings. The fraction of sp³-hybridized carbons (Fsp3) is 0.625. The number of hydrogen-bond donors (Lipinski definition) is 1. The van der Waals surface area contributed by atoms with Crippen LogP contribution < -0.4 is 5.32 Å². The molecule has 1 aromatic heterocycles. The van der Waals surface area contributed by atoms with Crippen molar-refractivity contribution < 1.29 is 4.79 Å². The van der Waals surface area contributed by atoms with Crippen LogP contribution in [-0.4, -0.2) is 23.4 Å². The number of hydrogen-bond acceptors (Lipinski definition) is 2. The van der Waals surface area contributed by atoms with Crippen molar-refractivity contribution >= 4 is 29.1 Å². The van der Waals surface area contributed by atoms with Crippen LogP contribution in [0, 0.1) is 11.8 Å². The maximum Gasteiger partial charge on any atom is 0.133 e. The van der Waals surface area contributed by atoms with Gasteiger partial charge >= 0.3 is 0 Å². The van der Waals surface area contributed by atoms with Gasteiger partial charge in [-0.15, -0.1) is 12.4 Å². The van der Waals surface area contributed by atoms with E-state index < -0.39 is 0 Å². The van der Waals surface area contributed by atoms with Gasteiger partial charge in [0.2, 0.25) is 0 Å². The summed E-state index contributed by atoms with van der Waals surface area (Å²) in [6.45, 7) is 3.29. The van der Waals surface area contributed by atoms with Crippen molar-refractivity contribution in [3.05, 3.63) is 36.0 Å². The lowest BCUT2D eigenvalue weighted by Gasteiger charge is -2.22. The van der Waals surface area contributed by atoms with Gasteiger partial charge in [-0.2, -0.15) is 0 Å². The van der Waals surface area contributed by atoms with Crippen molar-refractivity contribution in [2.24, 2.45) is 11.8 Å². The van der Waals surface area contributed by atoms with Crippen LogP contribution in [0.5, 0.6) is 0 Å². The van der Waals surface area contributed by atoms with Crippen LogP contribution >= 0.6 is 12.4 Å². The molecule has 1 N–H and O–H groups in total. The molecule has 1 saturated carbocycles. The largest absolute Gasteiger partial charge is 0.347 e. The summed E-state index contributed by atoms with van der Waals surface area (Å²) in [4.78, 5) is 12.5. The molecule has 1 aliphatic heterocycles. The summed E-state index contributed by atoms with van der Waals surface area (Å²) in [7, 11) is 0. The third-order valence-electron chi connectivity index (χ3n) is 6.70. The summed E-state index contributed by atoms with van der Waals surface area (Å²) in [5.74, 6) is 1.88. The van der Waals surface area contributed by atoms with Gasteiger partial charge in [-0.05, 0) is 68.7 Å². The second kappa shape index (κ2) is 10.5. The molecule has 3 nitrogen and oxygen atoms in total. The van der Waals surface area contributed by atoms with E-state index in [-0.39, 0.29) is 12.4 Å². The molecule has 28 heavy (non-hydrogen) atoms. The summed E-state index contributed by atoms with van der Waals surface area (Å²) < 4.78 is 2.47. The molecule has 1 saturated heterocycles. The number of piperidine rings is 1. The average Bonchev–Trinajstić information content (AvgIpc) is 3.06. The zero-order chi connectivity index (χ0) is 18.5. The van der Waals surface area contributed by atoms with Crippen LogP contribution in [0.2, 0.25) is 0 Å². The van der Waals surface area contributed by atoms with Gasteiger partial charge in [-0.25, -0.2) is 0 Å². The second-order valence-electron chi connectivity index (χ2n) is 8.76. The van der Waals surface area contributed by atoms with E-state index >= 15 is 0 Å². The molecule has 154 valence electrons. The Morgan fingerprint density at radius 2 is 1.75 bits per heavy atom. The van der Waals surface area contributed by atoms with E-state index in [0.29, 0.717) is 18.1 Å². The molecule has 0 spiro atoms. The van der Waals surface area contributed by atoms with Gasteiger partial charge in [0.05, 0.1) is 0 Å². The van der Waals surface area contributed by atoms with Gasteiger partial charge < -0.3 is 9.88 Å². The number of aromatic nitrogens is 1. The third kappa shape index (κ3) is 5.39. The van der Waals surface area contributed by atoms with E-state index in [1.165, 1.54) is 48.6 Å². The monoisotopic (exact) mass is 402 g/mol. The Balaban J connectivity index is 0.00000225. The van der Waals surface area contributed by atoms with Crippen molar-refractivity contribution in [1.82, 2.24) is 9.88 Å². The number of nitrogens with one attached hydrogen (secondary N) is 1. The molecular weight excluding hydrogens is 368 g/mol. The SMILES string of the molecule is Cl.O=C(CCc1cn(CC2CCCCC2)c2ccccc12)CC1CCNCC1. The first-order chi connectivity index (χ1) is 13.3. The van der Waals surface area contributed by atoms with Gasteiger partial charge in [0.25, 0.3) is 0 Å². The highest BCUT2D eigenvalue weighted by Gasteiger charge is 2.19. The van der Waals surface area contributed by atoms with Crippen LogP contribution in [0.3, 0.4) is 0 Å². The van der Waals surface area contributed by atoms with E-state index in [4.69, 9.17) is 0 Å². The number of ketones is 1. The van der Waals surface area contributed by atoms with Gasteiger partial charge in [0.15, 0.2) is 0 Å². The Morgan fingerprint density at radius 3 is 2.54 bits per heavy atom. The summed E-state index contributed by atoms with van der Waals surface area (Å²) in [6, 6.07) is 8.76. The summed E-state index contributed by atoms with van der Waals surface area (Å²) >= 11 is 0. The number of benzene rings is 1. The van der Waals surface area contributed by atoms with E-state index in [9.17, 15) is 4.79 Å². The van der Waals surface area contributed by atoms with Crippen molar-refractivity contribution in [1.29, 1.82) is 0 Å². The Bertz CT molecular complexity index is 757. The molecule has 0 radical (unpaired) electrons. The molecule has 0 unspecified atom stereocenters. The molecule has 4 rings (SSSR count). The minimum absolute atomic E-state index is 0. The van der Waals surface area contributed by atoms with Gasteiger partial charge in [0, 0.05) is 36.5 Å². The van der Waals surface area contributed by atoms with E-state index in [1.54, 1.807) is 0 Å². The number of carbonyl (C=O) groups excluding carboxylic acids is 1. The standard InChI is InChI=1S/C24H34N2O.ClH/c27-22(16-19-12-14-25-15-13-19)11-10-21-18-26(17-20-6-2-1-3-7-20)24-9-5-4-8-23(21)24;/h4-5,8-9,18-20,25H,1-3,6-7,10-17H2;1H. The molecule has 1 aromatic carbocycles. The van der Waals surface area contributed by atoms with E-state index in [1.807, 2.05) is 0 Å². The van der Waals surface area contributed by atoms with Gasteiger partial charge in [-0.1, -0.05) is 37.5 Å². The highest BCUT2D eigenvalue weighted by molar-refractivity contribution is 5.86. The Labute approximate surface area is 175 Å². The molecule has 2 aliphatic rings. The second-order valence-corrected chi connectivity index (χ2v) is 8.76. The number of halogens is 1. The predicted molar refractivity (Wildman–Crippen MR) is 119 cm³/mol. The van der Waals surface area contributed by atoms with Gasteiger partial charge in [0.1, 0.15) is 5.78 Å². The summed E-state index contributed by atoms with van der Waals surface area (Å²) in [6.07, 6.45) is 14.0. The minimum atomic E-state index is 0. The normalized spacial score (nSPS) is 18.9. The maximum atomic E-state index is 12.5. The molecular formula is C24H35ClN2O. The predicted octanol–water partition coefficient (Wildman–Crippen LogP) is 5.53. The molecule has 1 aliphatic carbocycles. The van der Waals surface area contributed by atoms with Crippen LogP contribution in [-0.2, 0) is 17.8 Å². The summed E-state index contributed by atoms with van der Waals surface area (Å²) in [5.41, 5.74) is 2.71. The number of carbonyl (C=O) groups is 1. The topological polar surface area (TPSA) is 34.0 Å². The molecule has 2 heterocycles. The summed E-state index contributed by atoms with van der Waals surface area (Å²) in [5, 5.41) is 4.74. The van der Waals surface area contributed by atoms with Gasteiger partial charge in [-0.3, -0.25) is 4.79 Å². The quantitative estimate of drug-likeness (QED) is 0.660. The van der Waals surface area contributed by atoms with Crippen LogP contribution in [0.4, 0.5) is 0 Å². The fourth-order valence-corrected chi connectivity index (χ4v) is 5.10. The van der Waals surface area contributed by atoms with Crippen molar-refractivity contribution in [2.75, 3.05) is 13.1 Å². The Kier molecular flexibility index (Phi) is 7.99. The first-order valence-corrected chi connectivity index (χ1v) is 11.1. The third-order valence-corrected chi connectivity index (χ3v) is 6.70. The Hall–Kier alpha value is -1.32. The number of fused-ring (bicyclic) bond motifs is 1. The molecule has 0 atom stereocenters. The number of aryl methyl sites for hydroxylation is 1. The number of nitrogens with zero attached hydrogens (tertiary/aromatic N) is 1. The number of para-hydroxylation sites is 1. The van der Waals surface area contributed by atoms with Crippen LogP contribution in [0.1, 0.15) is 63.4 Å². The lowest BCUT2D eigenvalue weighted by molar-refractivity contribution is -0.120. The smallest absolute Gasteiger partial charge is 0.133 e. The lowest BCUT2D eigenvalue weighted by atomic mass is 9.89. The fourth-order valence-electron chi connectivity index (χ4n) is 5.10. The first-order valence-electron chi connectivity index (χ1n) is 11.1. The highest BCUT2D eigenvalue weighted by atomic mass is 35.5. The van der Waals surface area contributed by atoms with Crippen molar-refractivity contribution in [3.8, 4) is 0 Å². The van der Waals surface area contributed by atoms with Crippen molar-refractivity contribution in [2.45, 2.75) is 70.8 Å². The molecule has 0 bridgehead atoms. The zero-order valence-electron chi connectivity index (χ0n) is 17.0. The van der Waals surface area contributed by atoms with Crippen LogP contribution in [0.25, 0.3) is 10.9 Å². The zero-order valence-corrected chi connectivity index (χ0v) is 17.8.